The molecule has 15 heavy (non-hydrogen) atoms. The maximum Gasteiger partial charge on any atom is 0.224 e. The molecule has 2 aromatic rings. The third kappa shape index (κ3) is 1.72. The molecule has 0 radical (unpaired) electrons. The van der Waals surface area contributed by atoms with Crippen LogP contribution in [0.1, 0.15) is 5.69 Å². The predicted octanol–water partition coefficient (Wildman–Crippen LogP) is 2.87. The van der Waals surface area contributed by atoms with Crippen molar-refractivity contribution in [3.05, 3.63) is 53.7 Å². The van der Waals surface area contributed by atoms with Crippen molar-refractivity contribution in [2.75, 3.05) is 0 Å². The van der Waals surface area contributed by atoms with Crippen LogP contribution in [0.25, 0.3) is 10.5 Å². The fourth-order valence-electron chi connectivity index (χ4n) is 1.31. The summed E-state index contributed by atoms with van der Waals surface area (Å²) in [4.78, 5) is 7.17. The van der Waals surface area contributed by atoms with Gasteiger partial charge in [-0.2, -0.15) is 0 Å². The van der Waals surface area contributed by atoms with E-state index in [0.717, 1.165) is 11.4 Å². The molecule has 0 spiro atoms. The minimum absolute atomic E-state index is 0.0267. The van der Waals surface area contributed by atoms with Crippen LogP contribution < -0.4 is 0 Å². The Bertz CT molecular complexity index is 537. The zero-order valence-electron chi connectivity index (χ0n) is 8.11. The number of nitrogens with zero attached hydrogens (tertiary/aromatic N) is 3. The minimum Gasteiger partial charge on any atom is -0.307 e. The van der Waals surface area contributed by atoms with E-state index in [-0.39, 0.29) is 5.69 Å². The van der Waals surface area contributed by atoms with E-state index in [4.69, 9.17) is 6.57 Å². The van der Waals surface area contributed by atoms with Crippen molar-refractivity contribution in [1.82, 2.24) is 9.55 Å². The van der Waals surface area contributed by atoms with Crippen LogP contribution in [0.15, 0.2) is 30.7 Å². The van der Waals surface area contributed by atoms with Gasteiger partial charge in [-0.3, -0.25) is 0 Å². The lowest BCUT2D eigenvalue weighted by molar-refractivity contribution is 0.633. The van der Waals surface area contributed by atoms with Gasteiger partial charge in [-0.15, -0.1) is 0 Å². The number of hydrogen-bond acceptors (Lipinski definition) is 1. The van der Waals surface area contributed by atoms with Gasteiger partial charge in [0.05, 0.1) is 18.6 Å². The highest BCUT2D eigenvalue weighted by atomic mass is 19.1. The van der Waals surface area contributed by atoms with Crippen LogP contribution in [0.2, 0.25) is 0 Å². The Labute approximate surface area is 86.6 Å². The Morgan fingerprint density at radius 2 is 2.27 bits per heavy atom. The number of aryl methyl sites for hydroxylation is 1. The molecule has 0 amide bonds. The van der Waals surface area contributed by atoms with Crippen LogP contribution in [0.4, 0.5) is 10.1 Å². The number of imidazole rings is 1. The summed E-state index contributed by atoms with van der Waals surface area (Å²) in [6.45, 7) is 8.68. The molecular weight excluding hydrogens is 193 g/mol. The quantitative estimate of drug-likeness (QED) is 0.650. The minimum atomic E-state index is -0.495. The Balaban J connectivity index is 2.51. The maximum absolute atomic E-state index is 13.1. The summed E-state index contributed by atoms with van der Waals surface area (Å²) in [5.74, 6) is -0.495. The topological polar surface area (TPSA) is 22.2 Å². The van der Waals surface area contributed by atoms with E-state index in [1.807, 2.05) is 13.1 Å². The molecule has 0 atom stereocenters. The summed E-state index contributed by atoms with van der Waals surface area (Å²) in [6, 6.07) is 4.41. The molecule has 1 aromatic heterocycles. The van der Waals surface area contributed by atoms with Gasteiger partial charge in [0.15, 0.2) is 0 Å². The molecule has 1 heterocycles. The number of rotatable bonds is 1. The van der Waals surface area contributed by atoms with E-state index < -0.39 is 5.82 Å². The van der Waals surface area contributed by atoms with Gasteiger partial charge in [0.25, 0.3) is 0 Å². The van der Waals surface area contributed by atoms with Gasteiger partial charge in [-0.05, 0) is 25.1 Å². The molecule has 0 aliphatic rings. The maximum atomic E-state index is 13.1. The fourth-order valence-corrected chi connectivity index (χ4v) is 1.31. The van der Waals surface area contributed by atoms with Gasteiger partial charge in [0.2, 0.25) is 5.69 Å². The Morgan fingerprint density at radius 3 is 2.87 bits per heavy atom. The van der Waals surface area contributed by atoms with E-state index in [1.165, 1.54) is 12.1 Å². The first-order valence-corrected chi connectivity index (χ1v) is 4.38. The van der Waals surface area contributed by atoms with Crippen molar-refractivity contribution in [2.24, 2.45) is 0 Å². The first-order chi connectivity index (χ1) is 7.20. The highest BCUT2D eigenvalue weighted by Crippen LogP contribution is 2.21. The lowest BCUT2D eigenvalue weighted by Crippen LogP contribution is -1.89. The monoisotopic (exact) mass is 201 g/mol. The van der Waals surface area contributed by atoms with Crippen LogP contribution in [0.5, 0.6) is 0 Å². The van der Waals surface area contributed by atoms with Crippen molar-refractivity contribution in [3.63, 3.8) is 0 Å². The van der Waals surface area contributed by atoms with Gasteiger partial charge in [-0.1, -0.05) is 0 Å². The molecule has 0 aliphatic carbocycles. The molecule has 1 aromatic carbocycles. The molecule has 3 nitrogen and oxygen atoms in total. The average molecular weight is 201 g/mol. The molecule has 0 N–H and O–H groups in total. The molecule has 0 saturated heterocycles. The van der Waals surface area contributed by atoms with Crippen LogP contribution >= 0.6 is 0 Å². The summed E-state index contributed by atoms with van der Waals surface area (Å²) < 4.78 is 14.8. The third-order valence-electron chi connectivity index (χ3n) is 2.06. The van der Waals surface area contributed by atoms with E-state index in [9.17, 15) is 4.39 Å². The molecule has 0 aliphatic heterocycles. The Hall–Kier alpha value is -2.15. The van der Waals surface area contributed by atoms with Crippen molar-refractivity contribution >= 4 is 5.69 Å². The van der Waals surface area contributed by atoms with E-state index in [1.54, 1.807) is 17.0 Å². The number of hydrogen-bond donors (Lipinski definition) is 0. The lowest BCUT2D eigenvalue weighted by atomic mass is 10.2. The third-order valence-corrected chi connectivity index (χ3v) is 2.06. The average Bonchev–Trinajstić information content (AvgIpc) is 2.66. The molecule has 2 rings (SSSR count). The first kappa shape index (κ1) is 9.41. The molecule has 4 heteroatoms. The van der Waals surface area contributed by atoms with Crippen molar-refractivity contribution in [3.8, 4) is 5.69 Å². The summed E-state index contributed by atoms with van der Waals surface area (Å²) in [6.07, 6.45) is 3.46. The van der Waals surface area contributed by atoms with Crippen LogP contribution in [0.3, 0.4) is 0 Å². The molecule has 0 saturated carbocycles. The standard InChI is InChI=1S/C11H8FN3/c1-8-6-15(7-14-8)9-3-4-10(12)11(5-9)13-2/h3-7H,1H3. The van der Waals surface area contributed by atoms with Gasteiger partial charge < -0.3 is 4.57 Å². The Kier molecular flexibility index (Phi) is 2.22. The van der Waals surface area contributed by atoms with Gasteiger partial charge in [0.1, 0.15) is 5.82 Å². The lowest BCUT2D eigenvalue weighted by Gasteiger charge is -2.02. The normalized spacial score (nSPS) is 9.93. The SMILES string of the molecule is [C-]#[N+]c1cc(-n2cnc(C)c2)ccc1F. The zero-order chi connectivity index (χ0) is 10.8. The summed E-state index contributed by atoms with van der Waals surface area (Å²) in [5.41, 5.74) is 1.64. The van der Waals surface area contributed by atoms with E-state index in [0.29, 0.717) is 0 Å². The van der Waals surface area contributed by atoms with Crippen molar-refractivity contribution < 1.29 is 4.39 Å². The number of benzene rings is 1. The summed E-state index contributed by atoms with van der Waals surface area (Å²) in [7, 11) is 0. The first-order valence-electron chi connectivity index (χ1n) is 4.38. The van der Waals surface area contributed by atoms with Gasteiger partial charge in [0, 0.05) is 11.9 Å². The van der Waals surface area contributed by atoms with Crippen molar-refractivity contribution in [1.29, 1.82) is 0 Å². The van der Waals surface area contributed by atoms with Crippen molar-refractivity contribution in [2.45, 2.75) is 6.92 Å². The van der Waals surface area contributed by atoms with Gasteiger partial charge >= 0.3 is 0 Å². The van der Waals surface area contributed by atoms with Gasteiger partial charge in [-0.25, -0.2) is 14.2 Å². The highest BCUT2D eigenvalue weighted by Gasteiger charge is 2.04. The largest absolute Gasteiger partial charge is 0.307 e. The van der Waals surface area contributed by atoms with E-state index >= 15 is 0 Å². The molecule has 0 fully saturated rings. The molecule has 74 valence electrons. The number of halogens is 1. The predicted molar refractivity (Wildman–Crippen MR) is 54.5 cm³/mol. The fraction of sp³-hybridized carbons (Fsp3) is 0.0909. The smallest absolute Gasteiger partial charge is 0.224 e. The molecule has 0 unspecified atom stereocenters. The summed E-state index contributed by atoms with van der Waals surface area (Å²) >= 11 is 0. The highest BCUT2D eigenvalue weighted by molar-refractivity contribution is 5.53. The van der Waals surface area contributed by atoms with Crippen LogP contribution in [-0.2, 0) is 0 Å². The summed E-state index contributed by atoms with van der Waals surface area (Å²) in [5, 5.41) is 0. The molecular formula is C11H8FN3. The van der Waals surface area contributed by atoms with Crippen LogP contribution in [0, 0.1) is 19.3 Å². The second-order valence-electron chi connectivity index (χ2n) is 3.17. The van der Waals surface area contributed by atoms with E-state index in [2.05, 4.69) is 9.83 Å². The second-order valence-corrected chi connectivity index (χ2v) is 3.17. The number of aromatic nitrogens is 2. The second kappa shape index (κ2) is 3.54. The van der Waals surface area contributed by atoms with Crippen LogP contribution in [-0.4, -0.2) is 9.55 Å². The zero-order valence-corrected chi connectivity index (χ0v) is 8.11. The Morgan fingerprint density at radius 1 is 1.47 bits per heavy atom. The molecule has 0 bridgehead atoms.